The first-order valence-electron chi connectivity index (χ1n) is 15.9. The van der Waals surface area contributed by atoms with E-state index in [2.05, 4.69) is 27.9 Å². The van der Waals surface area contributed by atoms with E-state index in [0.29, 0.717) is 12.0 Å². The Morgan fingerprint density at radius 3 is 2.11 bits per heavy atom. The lowest BCUT2D eigenvalue weighted by Gasteiger charge is -2.40. The van der Waals surface area contributed by atoms with Gasteiger partial charge in [0.1, 0.15) is 12.1 Å². The maximum atomic E-state index is 13.9. The Hall–Kier alpha value is -4.08. The molecule has 2 aromatic carbocycles. The fraction of sp³-hybridized carbons (Fsp3) is 0.444. The maximum absolute atomic E-state index is 13.9. The smallest absolute Gasteiger partial charge is 0.253 e. The summed E-state index contributed by atoms with van der Waals surface area (Å²) in [4.78, 5) is 44.2. The number of rotatable bonds is 18. The predicted octanol–water partition coefficient (Wildman–Crippen LogP) is 4.33. The quantitative estimate of drug-likeness (QED) is 0.135. The Morgan fingerprint density at radius 1 is 0.844 bits per heavy atom. The average molecular weight is 617 g/mol. The predicted molar refractivity (Wildman–Crippen MR) is 175 cm³/mol. The maximum Gasteiger partial charge on any atom is 0.253 e. The van der Waals surface area contributed by atoms with E-state index in [9.17, 15) is 24.6 Å². The molecule has 3 amide bonds. The monoisotopic (exact) mass is 616 g/mol. The number of benzene rings is 2. The van der Waals surface area contributed by atoms with Crippen LogP contribution < -0.4 is 16.0 Å². The Labute approximate surface area is 266 Å². The molecule has 1 aromatic heterocycles. The number of nitrogens with zero attached hydrogens (tertiary/aromatic N) is 1. The van der Waals surface area contributed by atoms with Gasteiger partial charge >= 0.3 is 0 Å². The number of aliphatic hydroxyl groups is 2. The van der Waals surface area contributed by atoms with Gasteiger partial charge in [0.25, 0.3) is 5.91 Å². The van der Waals surface area contributed by atoms with E-state index < -0.39 is 41.5 Å². The van der Waals surface area contributed by atoms with Crippen LogP contribution in [0.2, 0.25) is 0 Å². The lowest BCUT2D eigenvalue weighted by Crippen LogP contribution is -2.64. The van der Waals surface area contributed by atoms with E-state index in [1.54, 1.807) is 32.2 Å². The fourth-order valence-electron chi connectivity index (χ4n) is 5.49. The van der Waals surface area contributed by atoms with E-state index in [4.69, 9.17) is 0 Å². The van der Waals surface area contributed by atoms with Crippen LogP contribution in [-0.2, 0) is 22.6 Å². The average Bonchev–Trinajstić information content (AvgIpc) is 3.06. The highest BCUT2D eigenvalue weighted by Gasteiger charge is 2.44. The van der Waals surface area contributed by atoms with Crippen molar-refractivity contribution in [3.63, 3.8) is 0 Å². The molecule has 0 saturated heterocycles. The van der Waals surface area contributed by atoms with Crippen LogP contribution in [0, 0.1) is 5.92 Å². The Bertz CT molecular complexity index is 1330. The highest BCUT2D eigenvalue weighted by Crippen LogP contribution is 2.26. The van der Waals surface area contributed by atoms with Gasteiger partial charge < -0.3 is 26.2 Å². The van der Waals surface area contributed by atoms with Crippen molar-refractivity contribution in [1.82, 2.24) is 20.9 Å². The number of pyridine rings is 1. The van der Waals surface area contributed by atoms with Gasteiger partial charge in [-0.05, 0) is 49.4 Å². The van der Waals surface area contributed by atoms with Crippen molar-refractivity contribution in [1.29, 1.82) is 0 Å². The van der Waals surface area contributed by atoms with Crippen molar-refractivity contribution in [3.8, 4) is 0 Å². The molecule has 3 aromatic rings. The minimum Gasteiger partial charge on any atom is -0.390 e. The second-order valence-corrected chi connectivity index (χ2v) is 11.8. The van der Waals surface area contributed by atoms with Crippen LogP contribution >= 0.6 is 0 Å². The van der Waals surface area contributed by atoms with Crippen molar-refractivity contribution >= 4 is 17.7 Å². The van der Waals surface area contributed by atoms with Crippen molar-refractivity contribution in [2.45, 2.75) is 96.1 Å². The zero-order valence-corrected chi connectivity index (χ0v) is 26.6. The number of hydrogen-bond acceptors (Lipinski definition) is 6. The molecule has 0 aliphatic heterocycles. The molecule has 5 N–H and O–H groups in total. The third-order valence-electron chi connectivity index (χ3n) is 8.19. The van der Waals surface area contributed by atoms with E-state index >= 15 is 0 Å². The minimum absolute atomic E-state index is 0.180. The molecule has 0 radical (unpaired) electrons. The molecule has 0 spiro atoms. The molecule has 0 saturated carbocycles. The Morgan fingerprint density at radius 2 is 1.51 bits per heavy atom. The summed E-state index contributed by atoms with van der Waals surface area (Å²) in [6.07, 6.45) is 4.53. The lowest BCUT2D eigenvalue weighted by atomic mass is 9.79. The van der Waals surface area contributed by atoms with E-state index in [1.807, 2.05) is 60.7 Å². The summed E-state index contributed by atoms with van der Waals surface area (Å²) in [7, 11) is 0. The standard InChI is InChI=1S/C36H48N4O5/c1-4-6-7-14-21-30(39-33(43)28-20-15-22-37-25-28)35(45)40-36(3,23-26-16-10-8-11-17-26)32(42)31(41)29(5-2)34(44)38-24-27-18-12-9-13-19-27/h8-13,15-20,22,25,29-32,41-42H,4-7,14,21,23-24H2,1-3H3,(H,38,44)(H,39,43)(H,40,45)/t29-,30?,31-,32+,36+/m1/s1. The van der Waals surface area contributed by atoms with Gasteiger partial charge in [0.15, 0.2) is 0 Å². The molecular formula is C36H48N4O5. The minimum atomic E-state index is -1.51. The van der Waals surface area contributed by atoms with Gasteiger partial charge in [-0.2, -0.15) is 0 Å². The van der Waals surface area contributed by atoms with Crippen molar-refractivity contribution in [2.75, 3.05) is 0 Å². The second-order valence-electron chi connectivity index (χ2n) is 11.8. The molecule has 9 heteroatoms. The van der Waals surface area contributed by atoms with Gasteiger partial charge in [-0.3, -0.25) is 19.4 Å². The normalized spacial score (nSPS) is 15.1. The summed E-state index contributed by atoms with van der Waals surface area (Å²) < 4.78 is 0. The Balaban J connectivity index is 1.84. The van der Waals surface area contributed by atoms with Gasteiger partial charge in [-0.25, -0.2) is 0 Å². The van der Waals surface area contributed by atoms with Gasteiger partial charge in [-0.1, -0.05) is 100 Å². The van der Waals surface area contributed by atoms with Crippen LogP contribution in [0.5, 0.6) is 0 Å². The summed E-state index contributed by atoms with van der Waals surface area (Å²) in [6.45, 7) is 5.82. The number of aromatic nitrogens is 1. The first kappa shape index (κ1) is 35.4. The second kappa shape index (κ2) is 18.0. The number of amides is 3. The topological polar surface area (TPSA) is 141 Å². The summed E-state index contributed by atoms with van der Waals surface area (Å²) in [6, 6.07) is 21.2. The zero-order chi connectivity index (χ0) is 32.7. The number of carbonyl (C=O) groups excluding carboxylic acids is 3. The number of hydrogen-bond donors (Lipinski definition) is 5. The summed E-state index contributed by atoms with van der Waals surface area (Å²) in [5, 5.41) is 31.9. The fourth-order valence-corrected chi connectivity index (χ4v) is 5.49. The zero-order valence-electron chi connectivity index (χ0n) is 26.6. The van der Waals surface area contributed by atoms with Crippen LogP contribution in [0.4, 0.5) is 0 Å². The molecule has 5 atom stereocenters. The molecule has 9 nitrogen and oxygen atoms in total. The number of unbranched alkanes of at least 4 members (excludes halogenated alkanes) is 3. The van der Waals surface area contributed by atoms with Gasteiger partial charge in [0.2, 0.25) is 11.8 Å². The van der Waals surface area contributed by atoms with Crippen LogP contribution in [0.15, 0.2) is 85.2 Å². The van der Waals surface area contributed by atoms with Crippen molar-refractivity contribution in [2.24, 2.45) is 5.92 Å². The molecule has 1 unspecified atom stereocenters. The molecule has 0 aliphatic carbocycles. The number of aliphatic hydroxyl groups excluding tert-OH is 2. The summed E-state index contributed by atoms with van der Waals surface area (Å²) in [5.74, 6) is -2.22. The van der Waals surface area contributed by atoms with Crippen LogP contribution in [0.1, 0.15) is 80.8 Å². The van der Waals surface area contributed by atoms with Crippen LogP contribution in [0.3, 0.4) is 0 Å². The molecule has 1 heterocycles. The van der Waals surface area contributed by atoms with E-state index in [0.717, 1.165) is 36.8 Å². The van der Waals surface area contributed by atoms with Crippen LogP contribution in [-0.4, -0.2) is 56.7 Å². The highest BCUT2D eigenvalue weighted by atomic mass is 16.3. The van der Waals surface area contributed by atoms with E-state index in [1.165, 1.54) is 6.20 Å². The molecule has 0 bridgehead atoms. The molecule has 3 rings (SSSR count). The largest absolute Gasteiger partial charge is 0.390 e. The molecule has 242 valence electrons. The van der Waals surface area contributed by atoms with Gasteiger partial charge in [0, 0.05) is 18.9 Å². The SMILES string of the molecule is CCCCCCC(NC(=O)c1cccnc1)C(=O)N[C@@](C)(Cc1ccccc1)[C@@H](O)[C@H](O)[C@@H](CC)C(=O)NCc1ccccc1. The molecule has 0 aliphatic rings. The number of carbonyl (C=O) groups is 3. The van der Waals surface area contributed by atoms with Crippen molar-refractivity contribution < 1.29 is 24.6 Å². The van der Waals surface area contributed by atoms with E-state index in [-0.39, 0.29) is 25.3 Å². The third kappa shape index (κ3) is 10.8. The molecule has 45 heavy (non-hydrogen) atoms. The number of nitrogens with one attached hydrogen (secondary N) is 3. The van der Waals surface area contributed by atoms with Crippen molar-refractivity contribution in [3.05, 3.63) is 102 Å². The molecular weight excluding hydrogens is 568 g/mol. The molecule has 0 fully saturated rings. The lowest BCUT2D eigenvalue weighted by molar-refractivity contribution is -0.137. The van der Waals surface area contributed by atoms with Gasteiger partial charge in [-0.15, -0.1) is 0 Å². The first-order chi connectivity index (χ1) is 21.7. The Kier molecular flexibility index (Phi) is 14.2. The van der Waals surface area contributed by atoms with Gasteiger partial charge in [0.05, 0.1) is 23.1 Å². The van der Waals surface area contributed by atoms with Crippen LogP contribution in [0.25, 0.3) is 0 Å². The summed E-state index contributed by atoms with van der Waals surface area (Å²) >= 11 is 0. The summed E-state index contributed by atoms with van der Waals surface area (Å²) in [5.41, 5.74) is 0.687. The first-order valence-corrected chi connectivity index (χ1v) is 15.9. The highest BCUT2D eigenvalue weighted by molar-refractivity contribution is 5.97. The third-order valence-corrected chi connectivity index (χ3v) is 8.19.